The van der Waals surface area contributed by atoms with Crippen LogP contribution in [-0.4, -0.2) is 29.0 Å². The summed E-state index contributed by atoms with van der Waals surface area (Å²) in [5.41, 5.74) is 11.6. The Kier molecular flexibility index (Phi) is 22.0. The zero-order valence-corrected chi connectivity index (χ0v) is 43.4. The van der Waals surface area contributed by atoms with E-state index in [1.807, 2.05) is 66.7 Å². The van der Waals surface area contributed by atoms with E-state index in [0.717, 1.165) is 57.7 Å². The normalized spacial score (nSPS) is 11.1. The number of rotatable bonds is 17. The van der Waals surface area contributed by atoms with E-state index >= 15 is 0 Å². The van der Waals surface area contributed by atoms with Gasteiger partial charge in [-0.25, -0.2) is 9.97 Å². The van der Waals surface area contributed by atoms with Crippen LogP contribution in [0.3, 0.4) is 0 Å². The molecule has 2 N–H and O–H groups in total. The summed E-state index contributed by atoms with van der Waals surface area (Å²) in [5.74, 6) is 0.663. The number of nitrogens with two attached hydrogens (primary N) is 1. The highest BCUT2D eigenvalue weighted by molar-refractivity contribution is 8.24. The summed E-state index contributed by atoms with van der Waals surface area (Å²) >= 11 is 42.0. The van der Waals surface area contributed by atoms with Crippen molar-refractivity contribution in [1.29, 1.82) is 5.26 Å². The molecule has 340 valence electrons. The maximum Gasteiger partial charge on any atom is 0.339 e. The lowest BCUT2D eigenvalue weighted by molar-refractivity contribution is -0.117. The molecule has 0 aliphatic rings. The third kappa shape index (κ3) is 18.3. The van der Waals surface area contributed by atoms with E-state index in [2.05, 4.69) is 102 Å². The monoisotopic (exact) mass is 1060 g/mol. The van der Waals surface area contributed by atoms with Gasteiger partial charge in [0.1, 0.15) is 0 Å². The zero-order chi connectivity index (χ0) is 47.0. The SMILES string of the molecule is CC(C)Cc1sc(N(CCC#N)Cc2ccccc2)nc1-c1ccc(Cl)c(Cl)c1.CC(C)Cc1sc(N(CCC(N)=O)Cc2ccccc2)nc1-c1ccc(Cl)c(Cl)c1.O=P(Cl)(Cl)Cl. The molecule has 2 heterocycles. The smallest absolute Gasteiger partial charge is 0.339 e. The van der Waals surface area contributed by atoms with Gasteiger partial charge >= 0.3 is 5.20 Å². The van der Waals surface area contributed by atoms with Crippen LogP contribution in [0.2, 0.25) is 20.1 Å². The summed E-state index contributed by atoms with van der Waals surface area (Å²) in [4.78, 5) is 28.1. The van der Waals surface area contributed by atoms with Gasteiger partial charge in [0, 0.05) is 53.5 Å². The van der Waals surface area contributed by atoms with Gasteiger partial charge in [0.2, 0.25) is 5.91 Å². The molecule has 18 heteroatoms. The summed E-state index contributed by atoms with van der Waals surface area (Å²) in [6, 6.07) is 33.9. The van der Waals surface area contributed by atoms with E-state index in [9.17, 15) is 9.36 Å². The summed E-state index contributed by atoms with van der Waals surface area (Å²) in [6.45, 7) is 11.3. The second-order valence-electron chi connectivity index (χ2n) is 15.3. The third-order valence-corrected chi connectivity index (χ3v) is 12.8. The van der Waals surface area contributed by atoms with Crippen LogP contribution in [0, 0.1) is 23.2 Å². The van der Waals surface area contributed by atoms with Gasteiger partial charge in [-0.15, -0.1) is 22.7 Å². The number of hydrogen-bond acceptors (Lipinski definition) is 9. The Hall–Kier alpha value is -3.04. The van der Waals surface area contributed by atoms with Gasteiger partial charge in [-0.05, 0) is 93.8 Å². The molecular formula is C46H48Cl7N6O2PS2. The van der Waals surface area contributed by atoms with Crippen molar-refractivity contribution in [3.8, 4) is 28.6 Å². The maximum atomic E-state index is 11.4. The highest BCUT2D eigenvalue weighted by atomic mass is 36.0. The van der Waals surface area contributed by atoms with Gasteiger partial charge in [-0.3, -0.25) is 9.36 Å². The van der Waals surface area contributed by atoms with Crippen LogP contribution >= 0.6 is 108 Å². The van der Waals surface area contributed by atoms with Crippen LogP contribution in [0.25, 0.3) is 22.5 Å². The van der Waals surface area contributed by atoms with Crippen LogP contribution in [0.15, 0.2) is 97.1 Å². The van der Waals surface area contributed by atoms with E-state index in [0.29, 0.717) is 58.0 Å². The molecule has 0 fully saturated rings. The first-order chi connectivity index (χ1) is 30.3. The number of carbonyl (C=O) groups is 1. The number of thiazole rings is 2. The number of nitriles is 1. The van der Waals surface area contributed by atoms with Gasteiger partial charge in [0.15, 0.2) is 10.3 Å². The molecule has 0 bridgehead atoms. The minimum atomic E-state index is -3.22. The Morgan fingerprint density at radius 2 is 1.06 bits per heavy atom. The molecule has 0 saturated carbocycles. The quantitative estimate of drug-likeness (QED) is 0.0904. The van der Waals surface area contributed by atoms with Gasteiger partial charge in [0.05, 0.1) is 44.0 Å². The standard InChI is InChI=1S/C23H25Cl2N3OS.C23H23Cl2N3S.Cl3OP/c1-15(2)12-20-22(17-8-9-18(24)19(25)13-17)27-23(30-20)28(11-10-21(26)29)14-16-6-4-3-5-7-16;1-16(2)13-21-22(18-9-10-19(24)20(25)14-18)27-23(29-21)28(12-6-11-26)15-17-7-4-3-5-8-17;1-5(2,3)4/h3-9,13,15H,10-12,14H2,1-2H3,(H2,26,29);3-5,7-10,14,16H,6,12-13,15H2,1-2H3;. The van der Waals surface area contributed by atoms with E-state index in [4.69, 9.17) is 67.4 Å². The van der Waals surface area contributed by atoms with E-state index in [-0.39, 0.29) is 12.3 Å². The fourth-order valence-electron chi connectivity index (χ4n) is 6.23. The average Bonchev–Trinajstić information content (AvgIpc) is 3.84. The maximum absolute atomic E-state index is 11.4. The zero-order valence-electron chi connectivity index (χ0n) is 35.6. The van der Waals surface area contributed by atoms with Gasteiger partial charge in [-0.1, -0.05) is 147 Å². The highest BCUT2D eigenvalue weighted by Crippen LogP contribution is 2.61. The van der Waals surface area contributed by atoms with Crippen molar-refractivity contribution in [1.82, 2.24) is 9.97 Å². The molecule has 0 aliphatic heterocycles. The molecule has 1 amide bonds. The Morgan fingerprint density at radius 3 is 1.41 bits per heavy atom. The van der Waals surface area contributed by atoms with Crippen molar-refractivity contribution in [3.05, 3.63) is 138 Å². The number of carbonyl (C=O) groups excluding carboxylic acids is 1. The van der Waals surface area contributed by atoms with E-state index in [1.165, 1.54) is 15.3 Å². The van der Waals surface area contributed by atoms with E-state index in [1.54, 1.807) is 28.7 Å². The van der Waals surface area contributed by atoms with Crippen LogP contribution < -0.4 is 15.5 Å². The van der Waals surface area contributed by atoms with Crippen molar-refractivity contribution in [2.75, 3.05) is 22.9 Å². The number of benzene rings is 4. The number of halogens is 7. The molecule has 0 atom stereocenters. The molecule has 6 rings (SSSR count). The summed E-state index contributed by atoms with van der Waals surface area (Å²) < 4.78 is 9.51. The van der Waals surface area contributed by atoms with Crippen LogP contribution in [-0.2, 0) is 35.3 Å². The second-order valence-corrected chi connectivity index (χ2v) is 25.7. The predicted octanol–water partition coefficient (Wildman–Crippen LogP) is 16.2. The van der Waals surface area contributed by atoms with Crippen molar-refractivity contribution in [3.63, 3.8) is 0 Å². The Labute approximate surface area is 418 Å². The fourth-order valence-corrected chi connectivity index (χ4v) is 9.46. The first kappa shape index (κ1) is 53.6. The second kappa shape index (κ2) is 26.3. The fraction of sp³-hybridized carbons (Fsp3) is 0.304. The molecule has 6 aromatic rings. The third-order valence-electron chi connectivity index (χ3n) is 9.04. The lowest BCUT2D eigenvalue weighted by Gasteiger charge is -2.21. The number of aromatic nitrogens is 2. The van der Waals surface area contributed by atoms with Crippen molar-refractivity contribution in [2.24, 2.45) is 17.6 Å². The van der Waals surface area contributed by atoms with Crippen molar-refractivity contribution >= 4 is 124 Å². The predicted molar refractivity (Wildman–Crippen MR) is 276 cm³/mol. The largest absolute Gasteiger partial charge is 0.370 e. The minimum Gasteiger partial charge on any atom is -0.370 e. The number of amides is 1. The number of primary amides is 1. The first-order valence-corrected chi connectivity index (χ1v) is 27.7. The molecule has 0 unspecified atom stereocenters. The van der Waals surface area contributed by atoms with Crippen LogP contribution in [0.1, 0.15) is 61.4 Å². The van der Waals surface area contributed by atoms with Crippen LogP contribution in [0.5, 0.6) is 0 Å². The number of anilines is 2. The average molecular weight is 1060 g/mol. The number of nitrogens with zero attached hydrogens (tertiary/aromatic N) is 5. The topological polar surface area (TPSA) is 116 Å². The molecule has 0 spiro atoms. The van der Waals surface area contributed by atoms with Crippen LogP contribution in [0.4, 0.5) is 10.3 Å². The van der Waals surface area contributed by atoms with Gasteiger partial charge in [-0.2, -0.15) is 5.26 Å². The van der Waals surface area contributed by atoms with E-state index < -0.39 is 5.20 Å². The molecule has 0 radical (unpaired) electrons. The Morgan fingerprint density at radius 1 is 0.672 bits per heavy atom. The number of hydrogen-bond donors (Lipinski definition) is 1. The molecule has 64 heavy (non-hydrogen) atoms. The van der Waals surface area contributed by atoms with Gasteiger partial charge in [0.25, 0.3) is 0 Å². The molecular weight excluding hydrogens is 1010 g/mol. The summed E-state index contributed by atoms with van der Waals surface area (Å²) in [7, 11) is 0. The minimum absolute atomic E-state index is 0.272. The molecule has 0 aliphatic carbocycles. The summed E-state index contributed by atoms with van der Waals surface area (Å²) in [6.07, 6.45) is 2.56. The Balaban J connectivity index is 0.000000254. The molecule has 8 nitrogen and oxygen atoms in total. The molecule has 2 aromatic heterocycles. The van der Waals surface area contributed by atoms with Crippen molar-refractivity contribution < 1.29 is 9.36 Å². The molecule has 4 aromatic carbocycles. The summed E-state index contributed by atoms with van der Waals surface area (Å²) in [5, 5.41) is 9.80. The Bertz CT molecular complexity index is 2510. The van der Waals surface area contributed by atoms with Crippen molar-refractivity contribution in [2.45, 2.75) is 66.5 Å². The van der Waals surface area contributed by atoms with Gasteiger partial charge < -0.3 is 15.5 Å². The lowest BCUT2D eigenvalue weighted by Crippen LogP contribution is -2.27. The molecule has 0 saturated heterocycles. The first-order valence-electron chi connectivity index (χ1n) is 20.1. The highest BCUT2D eigenvalue weighted by Gasteiger charge is 2.22. The lowest BCUT2D eigenvalue weighted by atomic mass is 10.0.